The first kappa shape index (κ1) is 20.5. The average molecular weight is 420 g/mol. The van der Waals surface area contributed by atoms with Gasteiger partial charge >= 0.3 is 7.60 Å². The minimum Gasteiger partial charge on any atom is -0.308 e. The zero-order valence-electron chi connectivity index (χ0n) is 17.1. The highest BCUT2D eigenvalue weighted by atomic mass is 31.2. The molecule has 0 aliphatic rings. The lowest BCUT2D eigenvalue weighted by Crippen LogP contribution is -2.13. The van der Waals surface area contributed by atoms with E-state index in [2.05, 4.69) is 0 Å². The van der Waals surface area contributed by atoms with Crippen LogP contribution in [0.3, 0.4) is 0 Å². The van der Waals surface area contributed by atoms with E-state index < -0.39 is 13.3 Å². The summed E-state index contributed by atoms with van der Waals surface area (Å²) in [7, 11) is -3.55. The van der Waals surface area contributed by atoms with Crippen molar-refractivity contribution in [1.82, 2.24) is 9.78 Å². The Labute approximate surface area is 176 Å². The first-order chi connectivity index (χ1) is 14.7. The molecule has 0 aliphatic heterocycles. The third-order valence-corrected chi connectivity index (χ3v) is 7.34. The lowest BCUT2D eigenvalue weighted by molar-refractivity contribution is 0.214. The van der Waals surface area contributed by atoms with Crippen molar-refractivity contribution in [1.29, 1.82) is 0 Å². The molecule has 0 saturated carbocycles. The molecule has 1 unspecified atom stereocenters. The van der Waals surface area contributed by atoms with Gasteiger partial charge in [0, 0.05) is 5.39 Å². The summed E-state index contributed by atoms with van der Waals surface area (Å²) in [6.07, 6.45) is 0. The number of hydrogen-bond acceptors (Lipinski definition) is 4. The maximum absolute atomic E-state index is 14.2. The van der Waals surface area contributed by atoms with Gasteiger partial charge < -0.3 is 9.05 Å². The second-order valence-electron chi connectivity index (χ2n) is 6.84. The van der Waals surface area contributed by atoms with Crippen molar-refractivity contribution in [3.8, 4) is 5.69 Å². The highest BCUT2D eigenvalue weighted by molar-refractivity contribution is 7.54. The molecule has 6 heteroatoms. The van der Waals surface area contributed by atoms with Crippen molar-refractivity contribution in [2.24, 2.45) is 0 Å². The summed E-state index contributed by atoms with van der Waals surface area (Å²) in [5, 5.41) is 5.77. The average Bonchev–Trinajstić information content (AvgIpc) is 3.15. The van der Waals surface area contributed by atoms with Crippen molar-refractivity contribution in [3.05, 3.63) is 96.2 Å². The molecule has 0 saturated heterocycles. The van der Waals surface area contributed by atoms with Gasteiger partial charge in [-0.05, 0) is 37.6 Å². The van der Waals surface area contributed by atoms with E-state index in [1.54, 1.807) is 0 Å². The maximum atomic E-state index is 14.2. The highest BCUT2D eigenvalue weighted by Gasteiger charge is 2.41. The van der Waals surface area contributed by atoms with E-state index in [-0.39, 0.29) is 13.2 Å². The fourth-order valence-corrected chi connectivity index (χ4v) is 5.93. The van der Waals surface area contributed by atoms with Gasteiger partial charge in [0.25, 0.3) is 0 Å². The van der Waals surface area contributed by atoms with Gasteiger partial charge in [0.2, 0.25) is 0 Å². The molecule has 0 N–H and O–H groups in total. The molecule has 0 radical (unpaired) electrons. The fraction of sp³-hybridized carbons (Fsp3) is 0.208. The number of hydrogen-bond donors (Lipinski definition) is 0. The van der Waals surface area contributed by atoms with E-state index in [1.807, 2.05) is 103 Å². The second kappa shape index (κ2) is 8.97. The van der Waals surface area contributed by atoms with Crippen molar-refractivity contribution in [3.63, 3.8) is 0 Å². The van der Waals surface area contributed by atoms with Crippen molar-refractivity contribution >= 4 is 18.5 Å². The molecule has 0 aliphatic carbocycles. The van der Waals surface area contributed by atoms with Gasteiger partial charge in [-0.1, -0.05) is 66.7 Å². The number of rotatable bonds is 8. The summed E-state index contributed by atoms with van der Waals surface area (Å²) in [5.41, 5.74) is 2.77. The lowest BCUT2D eigenvalue weighted by Gasteiger charge is -2.27. The van der Waals surface area contributed by atoms with Gasteiger partial charge in [0.05, 0.1) is 30.1 Å². The van der Waals surface area contributed by atoms with Crippen LogP contribution in [0, 0.1) is 0 Å². The number of fused-ring (bicyclic) bond motifs is 1. The Balaban J connectivity index is 2.05. The van der Waals surface area contributed by atoms with Crippen LogP contribution < -0.4 is 0 Å². The molecule has 0 spiro atoms. The molecule has 1 aromatic heterocycles. The number of nitrogens with zero attached hydrogens (tertiary/aromatic N) is 2. The summed E-state index contributed by atoms with van der Waals surface area (Å²) in [6.45, 7) is 4.25. The standard InChI is InChI=1S/C24H25N2O3P/c1-3-28-30(27,29-4-2)24(19-13-7-5-8-14-19)23-21-17-11-12-18-22(21)25-26(23)20-15-9-6-10-16-20/h5-18,24H,3-4H2,1-2H3. The van der Waals surface area contributed by atoms with Crippen LogP contribution in [0.15, 0.2) is 84.9 Å². The van der Waals surface area contributed by atoms with Crippen LogP contribution >= 0.6 is 7.60 Å². The predicted molar refractivity (Wildman–Crippen MR) is 120 cm³/mol. The summed E-state index contributed by atoms with van der Waals surface area (Å²) in [6, 6.07) is 27.5. The molecule has 1 heterocycles. The third-order valence-electron chi connectivity index (χ3n) is 4.93. The number of aromatic nitrogens is 2. The van der Waals surface area contributed by atoms with Gasteiger partial charge in [-0.3, -0.25) is 4.57 Å². The van der Waals surface area contributed by atoms with Crippen LogP contribution in [-0.2, 0) is 13.6 Å². The van der Waals surface area contributed by atoms with Crippen LogP contribution in [0.4, 0.5) is 0 Å². The molecular formula is C24H25N2O3P. The van der Waals surface area contributed by atoms with Gasteiger partial charge in [0.15, 0.2) is 0 Å². The van der Waals surface area contributed by atoms with Crippen LogP contribution in [0.5, 0.6) is 0 Å². The SMILES string of the molecule is CCOP(=O)(OCC)C(c1ccccc1)c1c2ccccc2nn1-c1ccccc1. The first-order valence-electron chi connectivity index (χ1n) is 10.1. The maximum Gasteiger partial charge on any atom is 0.344 e. The quantitative estimate of drug-likeness (QED) is 0.310. The van der Waals surface area contributed by atoms with Crippen molar-refractivity contribution in [2.75, 3.05) is 13.2 Å². The van der Waals surface area contributed by atoms with E-state index in [1.165, 1.54) is 0 Å². The Morgan fingerprint density at radius 1 is 0.833 bits per heavy atom. The molecule has 30 heavy (non-hydrogen) atoms. The summed E-state index contributed by atoms with van der Waals surface area (Å²) < 4.78 is 27.7. The Bertz CT molecular complexity index is 1150. The van der Waals surface area contributed by atoms with Crippen LogP contribution in [-0.4, -0.2) is 23.0 Å². The van der Waals surface area contributed by atoms with Gasteiger partial charge in [-0.2, -0.15) is 5.10 Å². The highest BCUT2D eigenvalue weighted by Crippen LogP contribution is 2.64. The van der Waals surface area contributed by atoms with E-state index in [0.29, 0.717) is 0 Å². The fourth-order valence-electron chi connectivity index (χ4n) is 3.75. The third kappa shape index (κ3) is 3.84. The first-order valence-corrected chi connectivity index (χ1v) is 11.8. The molecule has 4 aromatic rings. The minimum atomic E-state index is -3.55. The normalized spacial score (nSPS) is 12.9. The Morgan fingerprint density at radius 2 is 1.40 bits per heavy atom. The Kier molecular flexibility index (Phi) is 6.14. The topological polar surface area (TPSA) is 53.4 Å². The van der Waals surface area contributed by atoms with Crippen molar-refractivity contribution in [2.45, 2.75) is 19.5 Å². The molecule has 4 rings (SSSR count). The summed E-state index contributed by atoms with van der Waals surface area (Å²) in [5.74, 6) is 0. The summed E-state index contributed by atoms with van der Waals surface area (Å²) in [4.78, 5) is 0. The van der Waals surface area contributed by atoms with E-state index in [4.69, 9.17) is 14.1 Å². The monoisotopic (exact) mass is 420 g/mol. The van der Waals surface area contributed by atoms with Gasteiger partial charge in [0.1, 0.15) is 5.66 Å². The molecule has 154 valence electrons. The molecule has 0 amide bonds. The molecule has 1 atom stereocenters. The van der Waals surface area contributed by atoms with E-state index in [0.717, 1.165) is 27.8 Å². The second-order valence-corrected chi connectivity index (χ2v) is 8.95. The zero-order chi connectivity index (χ0) is 21.0. The minimum absolute atomic E-state index is 0.290. The predicted octanol–water partition coefficient (Wildman–Crippen LogP) is 6.38. The van der Waals surface area contributed by atoms with Gasteiger partial charge in [-0.15, -0.1) is 0 Å². The van der Waals surface area contributed by atoms with Crippen LogP contribution in [0.2, 0.25) is 0 Å². The van der Waals surface area contributed by atoms with Gasteiger partial charge in [-0.25, -0.2) is 4.68 Å². The van der Waals surface area contributed by atoms with Crippen molar-refractivity contribution < 1.29 is 13.6 Å². The molecule has 5 nitrogen and oxygen atoms in total. The Hall–Kier alpha value is -2.72. The van der Waals surface area contributed by atoms with E-state index in [9.17, 15) is 4.57 Å². The largest absolute Gasteiger partial charge is 0.344 e. The zero-order valence-corrected chi connectivity index (χ0v) is 18.0. The number of benzene rings is 3. The molecule has 3 aromatic carbocycles. The lowest BCUT2D eigenvalue weighted by atomic mass is 10.1. The van der Waals surface area contributed by atoms with Crippen LogP contribution in [0.1, 0.15) is 30.8 Å². The smallest absolute Gasteiger partial charge is 0.308 e. The van der Waals surface area contributed by atoms with Crippen LogP contribution in [0.25, 0.3) is 16.6 Å². The molecular weight excluding hydrogens is 395 g/mol. The summed E-state index contributed by atoms with van der Waals surface area (Å²) >= 11 is 0. The number of para-hydroxylation sites is 1. The Morgan fingerprint density at radius 3 is 2.03 bits per heavy atom. The molecule has 0 fully saturated rings. The molecule has 0 bridgehead atoms. The van der Waals surface area contributed by atoms with E-state index >= 15 is 0 Å².